The highest BCUT2D eigenvalue weighted by Gasteiger charge is 2.15. The maximum Gasteiger partial charge on any atom is 0.347 e. The highest BCUT2D eigenvalue weighted by molar-refractivity contribution is 7.18. The number of hydrogen-bond donors (Lipinski definition) is 2. The first-order chi connectivity index (χ1) is 9.54. The fraction of sp³-hybridized carbons (Fsp3) is 0. The van der Waals surface area contributed by atoms with E-state index in [1.807, 2.05) is 0 Å². The zero-order chi connectivity index (χ0) is 14.7. The van der Waals surface area contributed by atoms with Gasteiger partial charge in [-0.25, -0.2) is 4.79 Å². The van der Waals surface area contributed by atoms with E-state index in [-0.39, 0.29) is 5.69 Å². The molecule has 2 rings (SSSR count). The van der Waals surface area contributed by atoms with Gasteiger partial charge in [0.25, 0.3) is 5.69 Å². The van der Waals surface area contributed by atoms with Crippen molar-refractivity contribution in [3.63, 3.8) is 0 Å². The Kier molecular flexibility index (Phi) is 3.63. The Labute approximate surface area is 116 Å². The molecule has 100 valence electrons. The predicted molar refractivity (Wildman–Crippen MR) is 73.4 cm³/mol. The molecule has 8 heteroatoms. The number of nitrogens with one attached hydrogen (secondary N) is 1. The van der Waals surface area contributed by atoms with Crippen molar-refractivity contribution in [1.29, 1.82) is 5.26 Å². The van der Waals surface area contributed by atoms with Crippen LogP contribution in [-0.4, -0.2) is 16.0 Å². The molecule has 0 saturated carbocycles. The van der Waals surface area contributed by atoms with Crippen LogP contribution in [0.4, 0.5) is 11.4 Å². The van der Waals surface area contributed by atoms with Crippen molar-refractivity contribution in [2.45, 2.75) is 0 Å². The number of anilines is 1. The Bertz CT molecular complexity index is 773. The molecule has 0 aliphatic rings. The molecule has 0 aliphatic carbocycles. The Morgan fingerprint density at radius 3 is 2.90 bits per heavy atom. The molecule has 0 bridgehead atoms. The monoisotopic (exact) mass is 289 g/mol. The van der Waals surface area contributed by atoms with Crippen molar-refractivity contribution in [2.24, 2.45) is 0 Å². The zero-order valence-electron chi connectivity index (χ0n) is 9.86. The SMILES string of the molecule is N#C/C(=C\Nc1csc2c([N+](=O)[O-])cccc12)C(=O)O. The smallest absolute Gasteiger partial charge is 0.347 e. The molecule has 2 aromatic rings. The number of carboxylic acid groups (broad SMARTS) is 1. The van der Waals surface area contributed by atoms with E-state index in [0.717, 1.165) is 6.20 Å². The van der Waals surface area contributed by atoms with Crippen molar-refractivity contribution in [1.82, 2.24) is 0 Å². The van der Waals surface area contributed by atoms with Crippen LogP contribution < -0.4 is 5.32 Å². The van der Waals surface area contributed by atoms with Crippen LogP contribution in [0.5, 0.6) is 0 Å². The van der Waals surface area contributed by atoms with E-state index in [1.54, 1.807) is 17.5 Å². The number of hydrogen-bond acceptors (Lipinski definition) is 6. The van der Waals surface area contributed by atoms with E-state index < -0.39 is 16.5 Å². The first-order valence-electron chi connectivity index (χ1n) is 5.29. The maximum absolute atomic E-state index is 10.9. The van der Waals surface area contributed by atoms with Gasteiger partial charge in [-0.3, -0.25) is 10.1 Å². The van der Waals surface area contributed by atoms with Crippen LogP contribution in [0, 0.1) is 21.4 Å². The molecule has 1 aromatic carbocycles. The average molecular weight is 289 g/mol. The van der Waals surface area contributed by atoms with Crippen LogP contribution in [0.15, 0.2) is 35.4 Å². The number of carboxylic acids is 1. The highest BCUT2D eigenvalue weighted by Crippen LogP contribution is 2.36. The highest BCUT2D eigenvalue weighted by atomic mass is 32.1. The molecule has 0 saturated heterocycles. The van der Waals surface area contributed by atoms with E-state index in [9.17, 15) is 14.9 Å². The molecule has 1 aromatic heterocycles. The molecule has 0 unspecified atom stereocenters. The topological polar surface area (TPSA) is 116 Å². The van der Waals surface area contributed by atoms with E-state index >= 15 is 0 Å². The molecule has 7 nitrogen and oxygen atoms in total. The van der Waals surface area contributed by atoms with E-state index in [4.69, 9.17) is 10.4 Å². The third kappa shape index (κ3) is 2.43. The third-order valence-electron chi connectivity index (χ3n) is 2.50. The van der Waals surface area contributed by atoms with Crippen LogP contribution in [0.1, 0.15) is 0 Å². The van der Waals surface area contributed by atoms with Crippen molar-refractivity contribution in [3.8, 4) is 6.07 Å². The lowest BCUT2D eigenvalue weighted by atomic mass is 10.2. The number of aliphatic carboxylic acids is 1. The summed E-state index contributed by atoms with van der Waals surface area (Å²) in [4.78, 5) is 21.1. The third-order valence-corrected chi connectivity index (χ3v) is 3.52. The molecule has 1 heterocycles. The number of carbonyl (C=O) groups is 1. The molecule has 2 N–H and O–H groups in total. The van der Waals surface area contributed by atoms with Gasteiger partial charge in [0, 0.05) is 23.0 Å². The summed E-state index contributed by atoms with van der Waals surface area (Å²) >= 11 is 1.17. The Balaban J connectivity index is 2.43. The summed E-state index contributed by atoms with van der Waals surface area (Å²) in [5.74, 6) is -1.34. The van der Waals surface area contributed by atoms with Gasteiger partial charge < -0.3 is 10.4 Å². The molecular weight excluding hydrogens is 282 g/mol. The molecule has 0 spiro atoms. The van der Waals surface area contributed by atoms with Crippen LogP contribution in [0.2, 0.25) is 0 Å². The second-order valence-corrected chi connectivity index (χ2v) is 4.56. The fourth-order valence-corrected chi connectivity index (χ4v) is 2.59. The number of nitro benzene ring substituents is 1. The van der Waals surface area contributed by atoms with Crippen LogP contribution in [0.3, 0.4) is 0 Å². The van der Waals surface area contributed by atoms with Gasteiger partial charge in [-0.2, -0.15) is 5.26 Å². The van der Waals surface area contributed by atoms with Gasteiger partial charge in [0.15, 0.2) is 5.57 Å². The largest absolute Gasteiger partial charge is 0.477 e. The normalized spacial score (nSPS) is 11.1. The first-order valence-corrected chi connectivity index (χ1v) is 6.17. The number of rotatable bonds is 4. The summed E-state index contributed by atoms with van der Waals surface area (Å²) in [6, 6.07) is 6.16. The molecular formula is C12H7N3O4S. The number of benzene rings is 1. The Hall–Kier alpha value is -2.92. The molecule has 0 amide bonds. The summed E-state index contributed by atoms with van der Waals surface area (Å²) in [5, 5.41) is 33.1. The zero-order valence-corrected chi connectivity index (χ0v) is 10.7. The number of fused-ring (bicyclic) bond motifs is 1. The number of thiophene rings is 1. The van der Waals surface area contributed by atoms with Gasteiger partial charge in [-0.05, 0) is 0 Å². The van der Waals surface area contributed by atoms with Gasteiger partial charge in [-0.15, -0.1) is 11.3 Å². The predicted octanol–water partition coefficient (Wildman–Crippen LogP) is 2.71. The van der Waals surface area contributed by atoms with Gasteiger partial charge in [0.2, 0.25) is 0 Å². The lowest BCUT2D eigenvalue weighted by molar-refractivity contribution is -0.382. The quantitative estimate of drug-likeness (QED) is 0.387. The lowest BCUT2D eigenvalue weighted by Gasteiger charge is -1.99. The fourth-order valence-electron chi connectivity index (χ4n) is 1.59. The molecule has 20 heavy (non-hydrogen) atoms. The van der Waals surface area contributed by atoms with E-state index in [2.05, 4.69) is 5.32 Å². The first kappa shape index (κ1) is 13.5. The average Bonchev–Trinajstić information content (AvgIpc) is 2.82. The van der Waals surface area contributed by atoms with Crippen molar-refractivity contribution in [3.05, 3.63) is 45.5 Å². The van der Waals surface area contributed by atoms with Gasteiger partial charge in [-0.1, -0.05) is 12.1 Å². The van der Waals surface area contributed by atoms with E-state index in [1.165, 1.54) is 23.5 Å². The lowest BCUT2D eigenvalue weighted by Crippen LogP contribution is -2.00. The van der Waals surface area contributed by atoms with Crippen LogP contribution in [0.25, 0.3) is 10.1 Å². The van der Waals surface area contributed by atoms with Crippen molar-refractivity contribution >= 4 is 38.8 Å². The summed E-state index contributed by atoms with van der Waals surface area (Å²) in [6.45, 7) is 0. The Morgan fingerprint density at radius 2 is 2.30 bits per heavy atom. The summed E-state index contributed by atoms with van der Waals surface area (Å²) in [5.41, 5.74) is 0.0563. The van der Waals surface area contributed by atoms with Crippen LogP contribution in [-0.2, 0) is 4.79 Å². The minimum absolute atomic E-state index is 0.0109. The number of nitro groups is 1. The molecule has 0 fully saturated rings. The summed E-state index contributed by atoms with van der Waals surface area (Å²) in [6.07, 6.45) is 1.06. The number of nitriles is 1. The number of nitrogens with zero attached hydrogens (tertiary/aromatic N) is 2. The maximum atomic E-state index is 10.9. The van der Waals surface area contributed by atoms with Crippen LogP contribution >= 0.6 is 11.3 Å². The minimum atomic E-state index is -1.34. The second-order valence-electron chi connectivity index (χ2n) is 3.68. The Morgan fingerprint density at radius 1 is 1.55 bits per heavy atom. The summed E-state index contributed by atoms with van der Waals surface area (Å²) in [7, 11) is 0. The molecule has 0 atom stereocenters. The van der Waals surface area contributed by atoms with Gasteiger partial charge in [0.1, 0.15) is 10.8 Å². The summed E-state index contributed by atoms with van der Waals surface area (Å²) < 4.78 is 0.488. The van der Waals surface area contributed by atoms with Gasteiger partial charge >= 0.3 is 5.97 Å². The van der Waals surface area contributed by atoms with Crippen molar-refractivity contribution in [2.75, 3.05) is 5.32 Å². The standard InChI is InChI=1S/C12H7N3O4S/c13-4-7(12(16)17)5-14-9-6-20-11-8(9)2-1-3-10(11)15(18)19/h1-3,5-6,14H,(H,16,17)/b7-5+. The minimum Gasteiger partial charge on any atom is -0.477 e. The molecule has 0 radical (unpaired) electrons. The van der Waals surface area contributed by atoms with Gasteiger partial charge in [0.05, 0.1) is 10.6 Å². The van der Waals surface area contributed by atoms with E-state index in [0.29, 0.717) is 15.8 Å². The molecule has 0 aliphatic heterocycles. The second kappa shape index (κ2) is 5.38. The number of non-ortho nitro benzene ring substituents is 1. The van der Waals surface area contributed by atoms with Crippen molar-refractivity contribution < 1.29 is 14.8 Å².